The van der Waals surface area contributed by atoms with Crippen LogP contribution in [0.1, 0.15) is 39.0 Å². The van der Waals surface area contributed by atoms with E-state index in [-0.39, 0.29) is 0 Å². The fourth-order valence-electron chi connectivity index (χ4n) is 2.48. The molecule has 1 aliphatic rings. The van der Waals surface area contributed by atoms with Crippen LogP contribution in [0.3, 0.4) is 0 Å². The van der Waals surface area contributed by atoms with E-state index in [0.29, 0.717) is 6.04 Å². The number of nitrogens with zero attached hydrogens (tertiary/aromatic N) is 1. The minimum absolute atomic E-state index is 0.682. The van der Waals surface area contributed by atoms with Gasteiger partial charge in [0, 0.05) is 18.4 Å². The van der Waals surface area contributed by atoms with Gasteiger partial charge < -0.3 is 5.43 Å². The molecule has 2 atom stereocenters. The minimum Gasteiger partial charge on any atom is -0.323 e. The third kappa shape index (κ3) is 2.11. The summed E-state index contributed by atoms with van der Waals surface area (Å²) in [6, 6.07) is 4.81. The minimum atomic E-state index is 0.682. The van der Waals surface area contributed by atoms with Crippen molar-refractivity contribution in [3.05, 3.63) is 24.5 Å². The Morgan fingerprint density at radius 1 is 1.21 bits per heavy atom. The Morgan fingerprint density at radius 2 is 1.93 bits per heavy atom. The molecule has 2 heteroatoms. The Morgan fingerprint density at radius 3 is 2.64 bits per heavy atom. The van der Waals surface area contributed by atoms with Gasteiger partial charge in [0.25, 0.3) is 0 Å². The van der Waals surface area contributed by atoms with E-state index in [9.17, 15) is 0 Å². The standard InChI is InChI=1S/C12H20N2/c1-2-11-7-3-4-8-12(11)13-14-9-5-6-10-14/h5-6,9-13H,2-4,7-8H2,1H3. The van der Waals surface area contributed by atoms with E-state index in [0.717, 1.165) is 5.92 Å². The molecule has 0 aromatic carbocycles. The molecule has 1 fully saturated rings. The fourth-order valence-corrected chi connectivity index (χ4v) is 2.48. The Hall–Kier alpha value is -0.920. The lowest BCUT2D eigenvalue weighted by Crippen LogP contribution is -2.36. The van der Waals surface area contributed by atoms with Crippen LogP contribution in [0.15, 0.2) is 24.5 Å². The first-order valence-electron chi connectivity index (χ1n) is 5.79. The highest BCUT2D eigenvalue weighted by molar-refractivity contribution is 4.97. The maximum atomic E-state index is 3.58. The van der Waals surface area contributed by atoms with Gasteiger partial charge in [-0.25, -0.2) is 0 Å². The Balaban J connectivity index is 1.94. The molecule has 1 aliphatic carbocycles. The second-order valence-corrected chi connectivity index (χ2v) is 4.28. The van der Waals surface area contributed by atoms with Crippen molar-refractivity contribution < 1.29 is 0 Å². The van der Waals surface area contributed by atoms with Crippen molar-refractivity contribution >= 4 is 0 Å². The third-order valence-electron chi connectivity index (χ3n) is 3.35. The maximum absolute atomic E-state index is 3.58. The highest BCUT2D eigenvalue weighted by Crippen LogP contribution is 2.27. The molecule has 0 saturated heterocycles. The van der Waals surface area contributed by atoms with Gasteiger partial charge in [-0.2, -0.15) is 0 Å². The van der Waals surface area contributed by atoms with Crippen molar-refractivity contribution in [2.24, 2.45) is 5.92 Å². The number of nitrogens with one attached hydrogen (secondary N) is 1. The molecule has 1 heterocycles. The van der Waals surface area contributed by atoms with Crippen molar-refractivity contribution in [2.45, 2.75) is 45.1 Å². The van der Waals surface area contributed by atoms with Crippen LogP contribution in [0.4, 0.5) is 0 Å². The summed E-state index contributed by atoms with van der Waals surface area (Å²) < 4.78 is 2.10. The van der Waals surface area contributed by atoms with Crippen molar-refractivity contribution in [2.75, 3.05) is 5.43 Å². The highest BCUT2D eigenvalue weighted by Gasteiger charge is 2.23. The molecular formula is C12H20N2. The molecule has 2 rings (SSSR count). The average molecular weight is 192 g/mol. The second kappa shape index (κ2) is 4.54. The molecular weight excluding hydrogens is 172 g/mol. The van der Waals surface area contributed by atoms with E-state index in [1.54, 1.807) is 0 Å². The van der Waals surface area contributed by atoms with Crippen LogP contribution in [-0.4, -0.2) is 10.7 Å². The normalized spacial score (nSPS) is 27.5. The lowest BCUT2D eigenvalue weighted by molar-refractivity contribution is 0.302. The lowest BCUT2D eigenvalue weighted by atomic mass is 9.83. The van der Waals surface area contributed by atoms with Gasteiger partial charge in [-0.1, -0.05) is 26.2 Å². The largest absolute Gasteiger partial charge is 0.323 e. The van der Waals surface area contributed by atoms with Crippen LogP contribution in [0.5, 0.6) is 0 Å². The molecule has 1 aromatic rings. The van der Waals surface area contributed by atoms with Gasteiger partial charge in [-0.05, 0) is 30.9 Å². The van der Waals surface area contributed by atoms with Gasteiger partial charge in [-0.15, -0.1) is 0 Å². The van der Waals surface area contributed by atoms with Gasteiger partial charge in [0.2, 0.25) is 0 Å². The summed E-state index contributed by atoms with van der Waals surface area (Å²) in [6.45, 7) is 2.31. The molecule has 14 heavy (non-hydrogen) atoms. The smallest absolute Gasteiger partial charge is 0.0452 e. The average Bonchev–Trinajstić information content (AvgIpc) is 2.71. The van der Waals surface area contributed by atoms with Gasteiger partial charge >= 0.3 is 0 Å². The van der Waals surface area contributed by atoms with E-state index >= 15 is 0 Å². The quantitative estimate of drug-likeness (QED) is 0.779. The van der Waals surface area contributed by atoms with E-state index in [1.807, 2.05) is 0 Å². The van der Waals surface area contributed by atoms with Crippen LogP contribution in [0.2, 0.25) is 0 Å². The van der Waals surface area contributed by atoms with Gasteiger partial charge in [-0.3, -0.25) is 4.68 Å². The first kappa shape index (κ1) is 9.63. The van der Waals surface area contributed by atoms with Crippen molar-refractivity contribution in [3.63, 3.8) is 0 Å². The van der Waals surface area contributed by atoms with Gasteiger partial charge in [0.05, 0.1) is 0 Å². The predicted octanol–water partition coefficient (Wildman–Crippen LogP) is 3.00. The molecule has 2 nitrogen and oxygen atoms in total. The summed E-state index contributed by atoms with van der Waals surface area (Å²) in [7, 11) is 0. The molecule has 0 spiro atoms. The molecule has 78 valence electrons. The Bertz CT molecular complexity index is 253. The van der Waals surface area contributed by atoms with Gasteiger partial charge in [0.15, 0.2) is 0 Å². The summed E-state index contributed by atoms with van der Waals surface area (Å²) in [5, 5.41) is 0. The molecule has 1 N–H and O–H groups in total. The maximum Gasteiger partial charge on any atom is 0.0452 e. The number of rotatable bonds is 3. The van der Waals surface area contributed by atoms with Crippen molar-refractivity contribution in [3.8, 4) is 0 Å². The zero-order valence-electron chi connectivity index (χ0n) is 8.95. The highest BCUT2D eigenvalue weighted by atomic mass is 15.4. The molecule has 0 bridgehead atoms. The van der Waals surface area contributed by atoms with Crippen LogP contribution >= 0.6 is 0 Å². The third-order valence-corrected chi connectivity index (χ3v) is 3.35. The second-order valence-electron chi connectivity index (χ2n) is 4.28. The summed E-state index contributed by atoms with van der Waals surface area (Å²) >= 11 is 0. The molecule has 1 aromatic heterocycles. The first-order chi connectivity index (χ1) is 6.90. The zero-order chi connectivity index (χ0) is 9.80. The molecule has 0 aliphatic heterocycles. The summed E-state index contributed by atoms with van der Waals surface area (Å²) in [5.41, 5.74) is 3.58. The van der Waals surface area contributed by atoms with Crippen molar-refractivity contribution in [1.29, 1.82) is 0 Å². The monoisotopic (exact) mass is 192 g/mol. The molecule has 1 saturated carbocycles. The number of hydrogen-bond acceptors (Lipinski definition) is 1. The van der Waals surface area contributed by atoms with Crippen LogP contribution < -0.4 is 5.43 Å². The SMILES string of the molecule is CCC1CCCCC1Nn1cccc1. The molecule has 0 amide bonds. The lowest BCUT2D eigenvalue weighted by Gasteiger charge is -2.32. The van der Waals surface area contributed by atoms with Gasteiger partial charge in [0.1, 0.15) is 0 Å². The first-order valence-corrected chi connectivity index (χ1v) is 5.79. The predicted molar refractivity (Wildman–Crippen MR) is 59.8 cm³/mol. The molecule has 0 radical (unpaired) electrons. The summed E-state index contributed by atoms with van der Waals surface area (Å²) in [5.74, 6) is 0.867. The van der Waals surface area contributed by atoms with E-state index < -0.39 is 0 Å². The Labute approximate surface area is 86.3 Å². The van der Waals surface area contributed by atoms with Crippen LogP contribution in [0.25, 0.3) is 0 Å². The van der Waals surface area contributed by atoms with E-state index in [1.165, 1.54) is 32.1 Å². The van der Waals surface area contributed by atoms with Crippen LogP contribution in [-0.2, 0) is 0 Å². The van der Waals surface area contributed by atoms with Crippen molar-refractivity contribution in [1.82, 2.24) is 4.68 Å². The van der Waals surface area contributed by atoms with Crippen LogP contribution in [0, 0.1) is 5.92 Å². The Kier molecular flexibility index (Phi) is 3.12. The topological polar surface area (TPSA) is 17.0 Å². The zero-order valence-corrected chi connectivity index (χ0v) is 8.95. The summed E-state index contributed by atoms with van der Waals surface area (Å²) in [4.78, 5) is 0. The number of hydrogen-bond donors (Lipinski definition) is 1. The van der Waals surface area contributed by atoms with E-state index in [2.05, 4.69) is 41.6 Å². The molecule has 2 unspecified atom stereocenters. The van der Waals surface area contributed by atoms with E-state index in [4.69, 9.17) is 0 Å². The summed E-state index contributed by atoms with van der Waals surface area (Å²) in [6.07, 6.45) is 11.0. The number of aromatic nitrogens is 1. The fraction of sp³-hybridized carbons (Fsp3) is 0.667.